The van der Waals surface area contributed by atoms with Crippen LogP contribution in [0.5, 0.6) is 5.75 Å². The third kappa shape index (κ3) is 5.54. The number of carbonyl (C=O) groups is 3. The molecule has 2 aliphatic rings. The Morgan fingerprint density at radius 3 is 2.82 bits per heavy atom. The van der Waals surface area contributed by atoms with Crippen LogP contribution in [0.15, 0.2) is 23.6 Å². The van der Waals surface area contributed by atoms with Gasteiger partial charge in [-0.25, -0.2) is 4.98 Å². The highest BCUT2D eigenvalue weighted by Gasteiger charge is 2.37. The van der Waals surface area contributed by atoms with Gasteiger partial charge in [-0.15, -0.1) is 11.3 Å². The van der Waals surface area contributed by atoms with Crippen molar-refractivity contribution in [2.75, 3.05) is 33.4 Å². The fourth-order valence-corrected chi connectivity index (χ4v) is 4.83. The lowest BCUT2D eigenvalue weighted by Crippen LogP contribution is -2.45. The first kappa shape index (κ1) is 24.1. The Morgan fingerprint density at radius 2 is 2.09 bits per heavy atom. The first-order valence-electron chi connectivity index (χ1n) is 11.1. The molecule has 182 valence electrons. The molecule has 3 heterocycles. The fourth-order valence-electron chi connectivity index (χ4n) is 4.14. The summed E-state index contributed by atoms with van der Waals surface area (Å²) in [5.74, 6) is -0.871. The zero-order valence-electron chi connectivity index (χ0n) is 19.0. The van der Waals surface area contributed by atoms with Gasteiger partial charge in [-0.05, 0) is 18.6 Å². The molecule has 0 saturated carbocycles. The molecule has 1 aromatic heterocycles. The smallest absolute Gasteiger partial charge is 0.305 e. The van der Waals surface area contributed by atoms with Gasteiger partial charge in [0, 0.05) is 42.6 Å². The van der Waals surface area contributed by atoms with Gasteiger partial charge in [0.05, 0.1) is 32.6 Å². The Bertz CT molecular complexity index is 1050. The van der Waals surface area contributed by atoms with Crippen LogP contribution in [0.3, 0.4) is 0 Å². The number of benzene rings is 1. The van der Waals surface area contributed by atoms with Crippen LogP contribution < -0.4 is 10.5 Å². The Balaban J connectivity index is 1.40. The highest BCUT2D eigenvalue weighted by atomic mass is 32.1. The lowest BCUT2D eigenvalue weighted by Gasteiger charge is -2.25. The molecule has 11 heteroatoms. The molecule has 1 aromatic carbocycles. The molecule has 10 nitrogen and oxygen atoms in total. The van der Waals surface area contributed by atoms with E-state index in [-0.39, 0.29) is 31.9 Å². The standard InChI is InChI=1S/C23H28N4O6S/c1-31-21(28)6-5-18(22(24)29)27-12-17-16(23(27)30)3-2-4-19(17)33-13-20-25-15(14-34-20)11-26-7-9-32-10-8-26/h2-4,14,18H,5-13H2,1H3,(H2,24,29). The second-order valence-corrected chi connectivity index (χ2v) is 9.10. The van der Waals surface area contributed by atoms with E-state index in [2.05, 4.69) is 14.6 Å². The first-order chi connectivity index (χ1) is 16.5. The number of methoxy groups -OCH3 is 1. The quantitative estimate of drug-likeness (QED) is 0.497. The molecule has 0 radical (unpaired) electrons. The number of ether oxygens (including phenoxy) is 3. The van der Waals surface area contributed by atoms with Crippen molar-refractivity contribution < 1.29 is 28.6 Å². The second-order valence-electron chi connectivity index (χ2n) is 8.16. The van der Waals surface area contributed by atoms with Crippen molar-refractivity contribution in [2.24, 2.45) is 5.73 Å². The van der Waals surface area contributed by atoms with Crippen molar-refractivity contribution in [3.05, 3.63) is 45.4 Å². The number of aromatic nitrogens is 1. The number of rotatable bonds is 10. The van der Waals surface area contributed by atoms with Crippen LogP contribution in [0.25, 0.3) is 0 Å². The van der Waals surface area contributed by atoms with Gasteiger partial charge in [0.2, 0.25) is 5.91 Å². The number of thiazole rings is 1. The summed E-state index contributed by atoms with van der Waals surface area (Å²) >= 11 is 1.54. The molecule has 4 rings (SSSR count). The van der Waals surface area contributed by atoms with Gasteiger partial charge in [-0.1, -0.05) is 6.07 Å². The minimum absolute atomic E-state index is 0.00950. The predicted molar refractivity (Wildman–Crippen MR) is 123 cm³/mol. The third-order valence-corrected chi connectivity index (χ3v) is 6.82. The molecule has 1 saturated heterocycles. The van der Waals surface area contributed by atoms with Crippen molar-refractivity contribution in [2.45, 2.75) is 38.6 Å². The topological polar surface area (TPSA) is 124 Å². The van der Waals surface area contributed by atoms with Crippen molar-refractivity contribution >= 4 is 29.1 Å². The lowest BCUT2D eigenvalue weighted by atomic mass is 10.1. The van der Waals surface area contributed by atoms with Crippen LogP contribution in [0.1, 0.15) is 39.5 Å². The van der Waals surface area contributed by atoms with Crippen molar-refractivity contribution in [1.29, 1.82) is 0 Å². The number of fused-ring (bicyclic) bond motifs is 1. The molecular weight excluding hydrogens is 460 g/mol. The van der Waals surface area contributed by atoms with Crippen molar-refractivity contribution in [1.82, 2.24) is 14.8 Å². The van der Waals surface area contributed by atoms with Gasteiger partial charge in [0.1, 0.15) is 23.4 Å². The molecule has 1 atom stereocenters. The van der Waals surface area contributed by atoms with E-state index in [1.807, 2.05) is 5.38 Å². The molecule has 0 bridgehead atoms. The van der Waals surface area contributed by atoms with E-state index in [4.69, 9.17) is 15.2 Å². The number of hydrogen-bond donors (Lipinski definition) is 1. The summed E-state index contributed by atoms with van der Waals surface area (Å²) < 4.78 is 16.1. The highest BCUT2D eigenvalue weighted by molar-refractivity contribution is 7.09. The van der Waals surface area contributed by atoms with Crippen LogP contribution in [-0.2, 0) is 38.8 Å². The number of amides is 2. The summed E-state index contributed by atoms with van der Waals surface area (Å²) in [6, 6.07) is 4.33. The summed E-state index contributed by atoms with van der Waals surface area (Å²) in [7, 11) is 1.27. The van der Waals surface area contributed by atoms with E-state index in [1.165, 1.54) is 23.3 Å². The van der Waals surface area contributed by atoms with Crippen LogP contribution in [-0.4, -0.2) is 72.0 Å². The lowest BCUT2D eigenvalue weighted by molar-refractivity contribution is -0.141. The monoisotopic (exact) mass is 488 g/mol. The summed E-state index contributed by atoms with van der Waals surface area (Å²) in [6.07, 6.45) is 0.0907. The van der Waals surface area contributed by atoms with Gasteiger partial charge in [0.15, 0.2) is 0 Å². The van der Waals surface area contributed by atoms with E-state index >= 15 is 0 Å². The van der Waals surface area contributed by atoms with E-state index in [9.17, 15) is 14.4 Å². The number of carbonyl (C=O) groups excluding carboxylic acids is 3. The zero-order chi connectivity index (χ0) is 24.1. The van der Waals surface area contributed by atoms with Gasteiger partial charge < -0.3 is 24.8 Å². The molecule has 2 amide bonds. The maximum Gasteiger partial charge on any atom is 0.305 e. The summed E-state index contributed by atoms with van der Waals surface area (Å²) in [5.41, 5.74) is 7.71. The molecule has 2 aliphatic heterocycles. The molecule has 1 fully saturated rings. The fraction of sp³-hybridized carbons (Fsp3) is 0.478. The van der Waals surface area contributed by atoms with Crippen molar-refractivity contribution in [3.63, 3.8) is 0 Å². The van der Waals surface area contributed by atoms with E-state index in [0.717, 1.165) is 43.5 Å². The molecule has 2 aromatic rings. The molecule has 1 unspecified atom stereocenters. The maximum absolute atomic E-state index is 13.0. The molecular formula is C23H28N4O6S. The Labute approximate surface area is 201 Å². The summed E-state index contributed by atoms with van der Waals surface area (Å²) in [6.45, 7) is 4.53. The third-order valence-electron chi connectivity index (χ3n) is 5.95. The minimum atomic E-state index is -0.909. The first-order valence-corrected chi connectivity index (χ1v) is 12.0. The number of morpholine rings is 1. The average molecular weight is 489 g/mol. The van der Waals surface area contributed by atoms with Gasteiger partial charge in [-0.3, -0.25) is 19.3 Å². The SMILES string of the molecule is COC(=O)CCC(C(N)=O)N1Cc2c(OCc3nc(CN4CCOCC4)cs3)cccc2C1=O. The van der Waals surface area contributed by atoms with E-state index < -0.39 is 17.9 Å². The van der Waals surface area contributed by atoms with Gasteiger partial charge in [0.25, 0.3) is 5.91 Å². The van der Waals surface area contributed by atoms with Crippen LogP contribution in [0.2, 0.25) is 0 Å². The summed E-state index contributed by atoms with van der Waals surface area (Å²) in [4.78, 5) is 45.0. The molecule has 0 spiro atoms. The largest absolute Gasteiger partial charge is 0.486 e. The van der Waals surface area contributed by atoms with Crippen LogP contribution in [0.4, 0.5) is 0 Å². The average Bonchev–Trinajstić information content (AvgIpc) is 3.42. The molecule has 0 aliphatic carbocycles. The number of hydrogen-bond acceptors (Lipinski definition) is 9. The second kappa shape index (κ2) is 10.9. The molecule has 2 N–H and O–H groups in total. The van der Waals surface area contributed by atoms with Gasteiger partial charge in [-0.2, -0.15) is 0 Å². The number of esters is 1. The Hall–Kier alpha value is -3.02. The van der Waals surface area contributed by atoms with Crippen LogP contribution in [0, 0.1) is 0 Å². The maximum atomic E-state index is 13.0. The number of nitrogens with two attached hydrogens (primary N) is 1. The normalized spacial score (nSPS) is 16.9. The van der Waals surface area contributed by atoms with Crippen molar-refractivity contribution in [3.8, 4) is 5.75 Å². The number of primary amides is 1. The van der Waals surface area contributed by atoms with Gasteiger partial charge >= 0.3 is 5.97 Å². The molecule has 34 heavy (non-hydrogen) atoms. The summed E-state index contributed by atoms with van der Waals surface area (Å²) in [5, 5.41) is 2.88. The highest BCUT2D eigenvalue weighted by Crippen LogP contribution is 2.33. The number of nitrogens with zero attached hydrogens (tertiary/aromatic N) is 3. The van der Waals surface area contributed by atoms with Crippen LogP contribution >= 0.6 is 11.3 Å². The van der Waals surface area contributed by atoms with E-state index in [1.54, 1.807) is 18.2 Å². The minimum Gasteiger partial charge on any atom is -0.486 e. The predicted octanol–water partition coefficient (Wildman–Crippen LogP) is 1.32. The zero-order valence-corrected chi connectivity index (χ0v) is 19.8. The van der Waals surface area contributed by atoms with E-state index in [0.29, 0.717) is 16.9 Å². The Kier molecular flexibility index (Phi) is 7.76. The Morgan fingerprint density at radius 1 is 1.29 bits per heavy atom.